The Morgan fingerprint density at radius 1 is 1.06 bits per heavy atom. The first-order valence-corrected chi connectivity index (χ1v) is 10.5. The molecule has 31 heavy (non-hydrogen) atoms. The van der Waals surface area contributed by atoms with E-state index in [2.05, 4.69) is 15.6 Å². The predicted molar refractivity (Wildman–Crippen MR) is 121 cm³/mol. The van der Waals surface area contributed by atoms with Crippen LogP contribution in [0.15, 0.2) is 42.7 Å². The van der Waals surface area contributed by atoms with Crippen LogP contribution in [0.1, 0.15) is 54.0 Å². The fourth-order valence-electron chi connectivity index (χ4n) is 3.07. The van der Waals surface area contributed by atoms with Gasteiger partial charge in [-0.3, -0.25) is 14.6 Å². The third-order valence-corrected chi connectivity index (χ3v) is 5.82. The van der Waals surface area contributed by atoms with E-state index >= 15 is 0 Å². The number of ether oxygens (including phenoxy) is 1. The van der Waals surface area contributed by atoms with Gasteiger partial charge in [0.05, 0.1) is 22.6 Å². The molecule has 0 aliphatic carbocycles. The van der Waals surface area contributed by atoms with E-state index in [-0.39, 0.29) is 23.1 Å². The summed E-state index contributed by atoms with van der Waals surface area (Å²) in [5.41, 5.74) is 3.67. The van der Waals surface area contributed by atoms with E-state index in [1.54, 1.807) is 32.2 Å². The van der Waals surface area contributed by atoms with Crippen molar-refractivity contribution in [2.75, 3.05) is 17.2 Å². The fourth-order valence-corrected chi connectivity index (χ4v) is 4.16. The Kier molecular flexibility index (Phi) is 6.81. The molecule has 1 aromatic carbocycles. The van der Waals surface area contributed by atoms with Crippen molar-refractivity contribution in [2.24, 2.45) is 0 Å². The van der Waals surface area contributed by atoms with Gasteiger partial charge in [0, 0.05) is 18.1 Å². The lowest BCUT2D eigenvalue weighted by Gasteiger charge is -2.09. The largest absolute Gasteiger partial charge is 0.462 e. The molecule has 3 aromatic rings. The van der Waals surface area contributed by atoms with Crippen molar-refractivity contribution in [2.45, 2.75) is 27.7 Å². The molecule has 7 nitrogen and oxygen atoms in total. The first kappa shape index (κ1) is 22.2. The third-order valence-electron chi connectivity index (χ3n) is 4.61. The van der Waals surface area contributed by atoms with Crippen LogP contribution in [0, 0.1) is 20.8 Å². The number of thiophene rings is 1. The van der Waals surface area contributed by atoms with E-state index in [9.17, 15) is 14.4 Å². The van der Waals surface area contributed by atoms with Crippen LogP contribution in [0.25, 0.3) is 0 Å². The van der Waals surface area contributed by atoms with E-state index < -0.39 is 11.9 Å². The minimum absolute atomic E-state index is 0.175. The second-order valence-corrected chi connectivity index (χ2v) is 7.97. The van der Waals surface area contributed by atoms with Crippen LogP contribution in [0.2, 0.25) is 0 Å². The summed E-state index contributed by atoms with van der Waals surface area (Å²) in [7, 11) is 0. The summed E-state index contributed by atoms with van der Waals surface area (Å²) in [5.74, 6) is -1.38. The molecule has 8 heteroatoms. The summed E-state index contributed by atoms with van der Waals surface area (Å²) in [6.45, 7) is 7.42. The molecule has 2 N–H and O–H groups in total. The molecule has 2 aromatic heterocycles. The van der Waals surface area contributed by atoms with Crippen LogP contribution in [0.3, 0.4) is 0 Å². The molecule has 0 fully saturated rings. The van der Waals surface area contributed by atoms with Gasteiger partial charge >= 0.3 is 5.97 Å². The number of pyridine rings is 1. The van der Waals surface area contributed by atoms with Crippen molar-refractivity contribution in [1.29, 1.82) is 0 Å². The maximum absolute atomic E-state index is 13.0. The summed E-state index contributed by atoms with van der Waals surface area (Å²) < 4.78 is 5.15. The average Bonchev–Trinajstić information content (AvgIpc) is 3.06. The summed E-state index contributed by atoms with van der Waals surface area (Å²) in [6, 6.07) is 8.97. The van der Waals surface area contributed by atoms with Crippen molar-refractivity contribution in [3.8, 4) is 0 Å². The molecule has 0 spiro atoms. The molecule has 3 rings (SSSR count). The normalized spacial score (nSPS) is 10.5. The maximum Gasteiger partial charge on any atom is 0.341 e. The number of hydrogen-bond acceptors (Lipinski definition) is 6. The highest BCUT2D eigenvalue weighted by Gasteiger charge is 2.27. The van der Waals surface area contributed by atoms with Gasteiger partial charge in [-0.1, -0.05) is 17.7 Å². The molecular weight excluding hydrogens is 414 g/mol. The Labute approximate surface area is 184 Å². The molecule has 0 radical (unpaired) electrons. The third kappa shape index (κ3) is 4.97. The Morgan fingerprint density at radius 2 is 1.84 bits per heavy atom. The average molecular weight is 438 g/mol. The van der Waals surface area contributed by atoms with E-state index in [0.717, 1.165) is 22.5 Å². The number of amides is 2. The van der Waals surface area contributed by atoms with Gasteiger partial charge < -0.3 is 15.4 Å². The van der Waals surface area contributed by atoms with Gasteiger partial charge in [-0.25, -0.2) is 4.79 Å². The fraction of sp³-hybridized carbons (Fsp3) is 0.217. The number of rotatable bonds is 6. The topological polar surface area (TPSA) is 97.4 Å². The Morgan fingerprint density at radius 3 is 2.48 bits per heavy atom. The van der Waals surface area contributed by atoms with Crippen LogP contribution < -0.4 is 10.6 Å². The van der Waals surface area contributed by atoms with Crippen LogP contribution in [0.4, 0.5) is 10.7 Å². The van der Waals surface area contributed by atoms with Gasteiger partial charge in [-0.05, 0) is 57.0 Å². The molecule has 0 unspecified atom stereocenters. The van der Waals surface area contributed by atoms with E-state index in [4.69, 9.17) is 4.74 Å². The number of hydrogen-bond donors (Lipinski definition) is 2. The van der Waals surface area contributed by atoms with E-state index in [1.165, 1.54) is 6.20 Å². The quantitative estimate of drug-likeness (QED) is 0.543. The van der Waals surface area contributed by atoms with Crippen LogP contribution >= 0.6 is 11.3 Å². The number of carbonyl (C=O) groups is 3. The number of aryl methyl sites for hydroxylation is 2. The van der Waals surface area contributed by atoms with Gasteiger partial charge in [-0.2, -0.15) is 0 Å². The minimum Gasteiger partial charge on any atom is -0.462 e. The van der Waals surface area contributed by atoms with E-state index in [1.807, 2.05) is 32.0 Å². The van der Waals surface area contributed by atoms with Crippen molar-refractivity contribution >= 4 is 39.8 Å². The second kappa shape index (κ2) is 9.53. The number of aromatic nitrogens is 1. The highest BCUT2D eigenvalue weighted by atomic mass is 32.1. The molecule has 0 bridgehead atoms. The lowest BCUT2D eigenvalue weighted by Crippen LogP contribution is -2.15. The number of anilines is 2. The zero-order valence-corrected chi connectivity index (χ0v) is 18.6. The summed E-state index contributed by atoms with van der Waals surface area (Å²) in [6.07, 6.45) is 2.99. The highest BCUT2D eigenvalue weighted by molar-refractivity contribution is 7.19. The Hall–Kier alpha value is -3.52. The van der Waals surface area contributed by atoms with Gasteiger partial charge in [-0.15, -0.1) is 11.3 Å². The molecule has 160 valence electrons. The lowest BCUT2D eigenvalue weighted by atomic mass is 10.1. The maximum atomic E-state index is 13.0. The molecule has 2 heterocycles. The van der Waals surface area contributed by atoms with Gasteiger partial charge in [0.15, 0.2) is 0 Å². The highest BCUT2D eigenvalue weighted by Crippen LogP contribution is 2.35. The van der Waals surface area contributed by atoms with Crippen LogP contribution in [-0.4, -0.2) is 29.4 Å². The second-order valence-electron chi connectivity index (χ2n) is 6.95. The monoisotopic (exact) mass is 437 g/mol. The first-order chi connectivity index (χ1) is 14.8. The molecule has 0 aliphatic heterocycles. The molecule has 0 saturated heterocycles. The standard InChI is InChI=1S/C23H23N3O4S/c1-5-30-23(29)18-15(4)19(21(28)25-17-9-8-13(2)11-14(17)3)31-22(18)26-20(27)16-7-6-10-24-12-16/h6-12H,5H2,1-4H3,(H,25,28)(H,26,27). The number of carbonyl (C=O) groups excluding carboxylic acids is 3. The zero-order chi connectivity index (χ0) is 22.5. The molecule has 0 saturated carbocycles. The summed E-state index contributed by atoms with van der Waals surface area (Å²) >= 11 is 1.03. The summed E-state index contributed by atoms with van der Waals surface area (Å²) in [4.78, 5) is 42.4. The number of benzene rings is 1. The Bertz CT molecular complexity index is 1140. The summed E-state index contributed by atoms with van der Waals surface area (Å²) in [5, 5.41) is 5.87. The molecular formula is C23H23N3O4S. The van der Waals surface area contributed by atoms with Gasteiger partial charge in [0.1, 0.15) is 5.00 Å². The van der Waals surface area contributed by atoms with Crippen molar-refractivity contribution in [3.63, 3.8) is 0 Å². The van der Waals surface area contributed by atoms with Gasteiger partial charge in [0.2, 0.25) is 0 Å². The molecule has 0 aliphatic rings. The van der Waals surface area contributed by atoms with Gasteiger partial charge in [0.25, 0.3) is 11.8 Å². The SMILES string of the molecule is CCOC(=O)c1c(NC(=O)c2cccnc2)sc(C(=O)Nc2ccc(C)cc2C)c1C. The number of nitrogens with zero attached hydrogens (tertiary/aromatic N) is 1. The predicted octanol–water partition coefficient (Wildman–Crippen LogP) is 4.75. The smallest absolute Gasteiger partial charge is 0.341 e. The lowest BCUT2D eigenvalue weighted by molar-refractivity contribution is 0.0527. The van der Waals surface area contributed by atoms with Crippen LogP contribution in [-0.2, 0) is 4.74 Å². The first-order valence-electron chi connectivity index (χ1n) is 9.72. The van der Waals surface area contributed by atoms with Crippen molar-refractivity contribution < 1.29 is 19.1 Å². The number of esters is 1. The number of nitrogens with one attached hydrogen (secondary N) is 2. The zero-order valence-electron chi connectivity index (χ0n) is 17.7. The minimum atomic E-state index is -0.594. The van der Waals surface area contributed by atoms with Crippen molar-refractivity contribution in [3.05, 3.63) is 75.4 Å². The molecule has 2 amide bonds. The van der Waals surface area contributed by atoms with Crippen molar-refractivity contribution in [1.82, 2.24) is 4.98 Å². The molecule has 0 atom stereocenters. The van der Waals surface area contributed by atoms with Crippen LogP contribution in [0.5, 0.6) is 0 Å². The Balaban J connectivity index is 1.95. The van der Waals surface area contributed by atoms with E-state index in [0.29, 0.717) is 21.7 Å².